The second kappa shape index (κ2) is 5.15. The summed E-state index contributed by atoms with van der Waals surface area (Å²) in [5.41, 5.74) is 4.59. The molecule has 23 heavy (non-hydrogen) atoms. The van der Waals surface area contributed by atoms with Crippen LogP contribution in [0.1, 0.15) is 30.4 Å². The molecule has 1 aromatic carbocycles. The molecule has 0 amide bonds. The highest BCUT2D eigenvalue weighted by Crippen LogP contribution is 2.48. The van der Waals surface area contributed by atoms with Crippen LogP contribution in [0, 0.1) is 11.8 Å². The molecule has 3 aliphatic carbocycles. The van der Waals surface area contributed by atoms with Crippen LogP contribution in [0.3, 0.4) is 0 Å². The largest absolute Gasteiger partial charge is 0.497 e. The fourth-order valence-electron chi connectivity index (χ4n) is 4.25. The molecule has 0 saturated carbocycles. The number of hydrogen-bond acceptors (Lipinski definition) is 3. The van der Waals surface area contributed by atoms with E-state index in [9.17, 15) is 14.0 Å². The van der Waals surface area contributed by atoms with E-state index in [1.807, 2.05) is 18.2 Å². The highest BCUT2D eigenvalue weighted by molar-refractivity contribution is 6.11. The number of rotatable bonds is 1. The third-order valence-electron chi connectivity index (χ3n) is 5.32. The monoisotopic (exact) mass is 312 g/mol. The molecule has 0 aliphatic heterocycles. The van der Waals surface area contributed by atoms with Crippen LogP contribution in [0.25, 0.3) is 5.57 Å². The third-order valence-corrected chi connectivity index (χ3v) is 5.32. The van der Waals surface area contributed by atoms with Crippen molar-refractivity contribution < 1.29 is 18.7 Å². The number of carbonyl (C=O) groups excluding carboxylic acids is 2. The van der Waals surface area contributed by atoms with Gasteiger partial charge in [-0.2, -0.15) is 0 Å². The van der Waals surface area contributed by atoms with Gasteiger partial charge in [-0.25, -0.2) is 4.39 Å². The lowest BCUT2D eigenvalue weighted by atomic mass is 9.64. The van der Waals surface area contributed by atoms with Crippen molar-refractivity contribution in [2.45, 2.75) is 25.7 Å². The molecule has 0 aromatic heterocycles. The standard InChI is InChI=1S/C19H17FO3/c1-23-11-3-5-12-10(8-11)2-4-14-13(12)6-7-15-18(14)17(21)9-16(20)19(15)22/h3,5,8-9,15,18H,2,4,6-7H2,1H3. The minimum atomic E-state index is -0.874. The summed E-state index contributed by atoms with van der Waals surface area (Å²) < 4.78 is 18.9. The molecule has 3 aliphatic rings. The maximum absolute atomic E-state index is 13.6. The van der Waals surface area contributed by atoms with E-state index < -0.39 is 23.4 Å². The molecule has 4 rings (SSSR count). The minimum absolute atomic E-state index is 0.253. The zero-order valence-electron chi connectivity index (χ0n) is 12.9. The number of benzene rings is 1. The highest BCUT2D eigenvalue weighted by atomic mass is 19.1. The van der Waals surface area contributed by atoms with E-state index in [0.29, 0.717) is 6.42 Å². The maximum Gasteiger partial charge on any atom is 0.195 e. The van der Waals surface area contributed by atoms with Crippen molar-refractivity contribution in [2.24, 2.45) is 11.8 Å². The van der Waals surface area contributed by atoms with Crippen molar-refractivity contribution in [3.8, 4) is 5.75 Å². The molecule has 3 nitrogen and oxygen atoms in total. The smallest absolute Gasteiger partial charge is 0.195 e. The Bertz CT molecular complexity index is 788. The van der Waals surface area contributed by atoms with E-state index in [-0.39, 0.29) is 5.78 Å². The van der Waals surface area contributed by atoms with Crippen molar-refractivity contribution in [3.05, 3.63) is 46.8 Å². The number of ether oxygens (including phenoxy) is 1. The summed E-state index contributed by atoms with van der Waals surface area (Å²) in [6, 6.07) is 6.00. The fourth-order valence-corrected chi connectivity index (χ4v) is 4.25. The lowest BCUT2D eigenvalue weighted by Crippen LogP contribution is -2.38. The fraction of sp³-hybridized carbons (Fsp3) is 0.368. The van der Waals surface area contributed by atoms with Crippen molar-refractivity contribution in [3.63, 3.8) is 0 Å². The van der Waals surface area contributed by atoms with Gasteiger partial charge in [-0.1, -0.05) is 11.6 Å². The molecule has 0 fully saturated rings. The van der Waals surface area contributed by atoms with Crippen LogP contribution in [0.4, 0.5) is 4.39 Å². The molecule has 2 atom stereocenters. The first-order valence-electron chi connectivity index (χ1n) is 7.94. The Morgan fingerprint density at radius 3 is 2.78 bits per heavy atom. The number of fused-ring (bicyclic) bond motifs is 4. The number of methoxy groups -OCH3 is 1. The van der Waals surface area contributed by atoms with E-state index in [1.54, 1.807) is 7.11 Å². The van der Waals surface area contributed by atoms with Gasteiger partial charge < -0.3 is 4.74 Å². The molecule has 1 aromatic rings. The summed E-state index contributed by atoms with van der Waals surface area (Å²) in [4.78, 5) is 24.4. The first-order valence-corrected chi connectivity index (χ1v) is 7.94. The van der Waals surface area contributed by atoms with Gasteiger partial charge in [-0.05, 0) is 54.5 Å². The normalized spacial score (nSPS) is 26.3. The van der Waals surface area contributed by atoms with E-state index in [2.05, 4.69) is 0 Å². The van der Waals surface area contributed by atoms with Gasteiger partial charge in [0.1, 0.15) is 5.75 Å². The molecule has 0 spiro atoms. The van der Waals surface area contributed by atoms with Crippen LogP contribution in [-0.4, -0.2) is 18.7 Å². The Morgan fingerprint density at radius 2 is 2.00 bits per heavy atom. The molecule has 2 unspecified atom stereocenters. The van der Waals surface area contributed by atoms with Gasteiger partial charge in [-0.3, -0.25) is 9.59 Å². The Hall–Kier alpha value is -2.23. The summed E-state index contributed by atoms with van der Waals surface area (Å²) in [7, 11) is 1.65. The van der Waals surface area contributed by atoms with E-state index in [1.165, 1.54) is 11.1 Å². The average molecular weight is 312 g/mol. The first kappa shape index (κ1) is 14.4. The van der Waals surface area contributed by atoms with Gasteiger partial charge in [0.25, 0.3) is 0 Å². The minimum Gasteiger partial charge on any atom is -0.497 e. The van der Waals surface area contributed by atoms with Crippen molar-refractivity contribution in [1.82, 2.24) is 0 Å². The molecule has 0 radical (unpaired) electrons. The van der Waals surface area contributed by atoms with E-state index in [4.69, 9.17) is 4.74 Å². The van der Waals surface area contributed by atoms with Gasteiger partial charge in [0.15, 0.2) is 17.4 Å². The number of aryl methyl sites for hydroxylation is 1. The Balaban J connectivity index is 1.82. The summed E-state index contributed by atoms with van der Waals surface area (Å²) in [5, 5.41) is 0. The number of allylic oxidation sites excluding steroid dienone is 4. The third kappa shape index (κ3) is 2.08. The zero-order chi connectivity index (χ0) is 16.1. The van der Waals surface area contributed by atoms with Crippen molar-refractivity contribution >= 4 is 17.1 Å². The molecular weight excluding hydrogens is 295 g/mol. The van der Waals surface area contributed by atoms with Crippen molar-refractivity contribution in [1.29, 1.82) is 0 Å². The number of hydrogen-bond donors (Lipinski definition) is 0. The molecule has 0 saturated heterocycles. The number of halogens is 1. The Morgan fingerprint density at radius 1 is 1.17 bits per heavy atom. The molecule has 0 bridgehead atoms. The highest BCUT2D eigenvalue weighted by Gasteiger charge is 2.44. The van der Waals surface area contributed by atoms with Gasteiger partial charge in [0.2, 0.25) is 0 Å². The van der Waals surface area contributed by atoms with Gasteiger partial charge >= 0.3 is 0 Å². The molecule has 0 heterocycles. The summed E-state index contributed by atoms with van der Waals surface area (Å²) in [5.74, 6) is -1.76. The van der Waals surface area contributed by atoms with Crippen LogP contribution in [0.15, 0.2) is 35.7 Å². The van der Waals surface area contributed by atoms with Crippen LogP contribution >= 0.6 is 0 Å². The number of Topliss-reactive ketones (excluding diaryl/α,β-unsaturated/α-hetero) is 1. The molecular formula is C19H17FO3. The lowest BCUT2D eigenvalue weighted by Gasteiger charge is -2.38. The zero-order valence-corrected chi connectivity index (χ0v) is 12.9. The van der Waals surface area contributed by atoms with Gasteiger partial charge in [0, 0.05) is 12.0 Å². The number of ketones is 2. The maximum atomic E-state index is 13.6. The summed E-state index contributed by atoms with van der Waals surface area (Å²) in [6.45, 7) is 0. The molecule has 4 heteroatoms. The van der Waals surface area contributed by atoms with Crippen LogP contribution in [-0.2, 0) is 16.0 Å². The summed E-state index contributed by atoms with van der Waals surface area (Å²) in [6.07, 6.45) is 3.74. The Kier molecular flexibility index (Phi) is 3.22. The topological polar surface area (TPSA) is 43.4 Å². The van der Waals surface area contributed by atoms with Crippen molar-refractivity contribution in [2.75, 3.05) is 7.11 Å². The van der Waals surface area contributed by atoms with Gasteiger partial charge in [0.05, 0.1) is 13.0 Å². The Labute approximate surface area is 133 Å². The average Bonchev–Trinajstić information content (AvgIpc) is 2.57. The second-order valence-corrected chi connectivity index (χ2v) is 6.41. The van der Waals surface area contributed by atoms with Crippen LogP contribution in [0.2, 0.25) is 0 Å². The lowest BCUT2D eigenvalue weighted by molar-refractivity contribution is -0.130. The van der Waals surface area contributed by atoms with E-state index in [0.717, 1.165) is 42.2 Å². The van der Waals surface area contributed by atoms with Crippen LogP contribution in [0.5, 0.6) is 5.75 Å². The molecule has 0 N–H and O–H groups in total. The number of carbonyl (C=O) groups is 2. The first-order chi connectivity index (χ1) is 11.1. The molecule has 118 valence electrons. The van der Waals surface area contributed by atoms with Crippen LogP contribution < -0.4 is 4.74 Å². The predicted molar refractivity (Wildman–Crippen MR) is 83.7 cm³/mol. The van der Waals surface area contributed by atoms with Gasteiger partial charge in [-0.15, -0.1) is 0 Å². The van der Waals surface area contributed by atoms with E-state index >= 15 is 0 Å². The summed E-state index contributed by atoms with van der Waals surface area (Å²) >= 11 is 0. The SMILES string of the molecule is COc1ccc2c(c1)CCC1=C2CCC2C(=O)C(F)=CC(=O)C12. The quantitative estimate of drug-likeness (QED) is 0.798. The predicted octanol–water partition coefficient (Wildman–Crippen LogP) is 3.43. The second-order valence-electron chi connectivity index (χ2n) is 6.41.